The van der Waals surface area contributed by atoms with Gasteiger partial charge in [-0.1, -0.05) is 32.4 Å². The fourth-order valence-corrected chi connectivity index (χ4v) is 4.66. The maximum atomic E-state index is 13.3. The molecule has 2 heterocycles. The molecule has 0 saturated carbocycles. The van der Waals surface area contributed by atoms with E-state index in [4.69, 9.17) is 4.74 Å². The summed E-state index contributed by atoms with van der Waals surface area (Å²) in [7, 11) is 0. The third-order valence-electron chi connectivity index (χ3n) is 5.81. The van der Waals surface area contributed by atoms with Crippen molar-refractivity contribution in [1.82, 2.24) is 9.88 Å². The van der Waals surface area contributed by atoms with Crippen LogP contribution < -0.4 is 10.1 Å². The zero-order valence-corrected chi connectivity index (χ0v) is 20.4. The van der Waals surface area contributed by atoms with Crippen molar-refractivity contribution < 1.29 is 19.1 Å². The lowest BCUT2D eigenvalue weighted by Gasteiger charge is -2.29. The van der Waals surface area contributed by atoms with Crippen molar-refractivity contribution in [2.75, 3.05) is 5.32 Å². The molecule has 3 aromatic rings. The number of fused-ring (bicyclic) bond motifs is 1. The number of anilines is 1. The topological polar surface area (TPSA) is 88.6 Å². The second-order valence-corrected chi connectivity index (χ2v) is 9.43. The van der Waals surface area contributed by atoms with Crippen LogP contribution in [0.1, 0.15) is 54.8 Å². The number of nitrogens with one attached hydrogen (secondary N) is 1. The zero-order chi connectivity index (χ0) is 24.4. The van der Waals surface area contributed by atoms with Gasteiger partial charge in [-0.05, 0) is 56.2 Å². The molecule has 0 saturated heterocycles. The van der Waals surface area contributed by atoms with E-state index in [1.165, 1.54) is 11.3 Å². The van der Waals surface area contributed by atoms with Crippen molar-refractivity contribution in [3.63, 3.8) is 0 Å². The lowest BCUT2D eigenvalue weighted by Crippen LogP contribution is -2.50. The first kappa shape index (κ1) is 23.6. The Morgan fingerprint density at radius 1 is 1.03 bits per heavy atom. The summed E-state index contributed by atoms with van der Waals surface area (Å²) < 4.78 is 5.68. The summed E-state index contributed by atoms with van der Waals surface area (Å²) in [6.07, 6.45) is 0.715. The molecule has 0 radical (unpaired) electrons. The molecule has 0 spiro atoms. The van der Waals surface area contributed by atoms with Gasteiger partial charge in [0.25, 0.3) is 11.8 Å². The van der Waals surface area contributed by atoms with E-state index in [1.807, 2.05) is 57.3 Å². The summed E-state index contributed by atoms with van der Waals surface area (Å²) in [4.78, 5) is 45.0. The quantitative estimate of drug-likeness (QED) is 0.448. The number of thiazole rings is 1. The number of nitrogens with zero attached hydrogens (tertiary/aromatic N) is 2. The van der Waals surface area contributed by atoms with Crippen molar-refractivity contribution in [2.24, 2.45) is 5.92 Å². The zero-order valence-electron chi connectivity index (χ0n) is 19.6. The van der Waals surface area contributed by atoms with Gasteiger partial charge in [0, 0.05) is 10.9 Å². The van der Waals surface area contributed by atoms with Gasteiger partial charge in [0.05, 0.1) is 22.9 Å². The molecule has 3 amide bonds. The van der Waals surface area contributed by atoms with Gasteiger partial charge in [-0.25, -0.2) is 4.98 Å². The molecule has 0 bridgehead atoms. The minimum Gasteiger partial charge on any atom is -0.491 e. The van der Waals surface area contributed by atoms with E-state index >= 15 is 0 Å². The Kier molecular flexibility index (Phi) is 6.79. The number of hydrogen-bond donors (Lipinski definition) is 1. The molecule has 0 aliphatic carbocycles. The molecule has 2 unspecified atom stereocenters. The highest BCUT2D eigenvalue weighted by atomic mass is 32.1. The first-order chi connectivity index (χ1) is 16.3. The fraction of sp³-hybridized carbons (Fsp3) is 0.308. The van der Waals surface area contributed by atoms with Crippen LogP contribution in [0.25, 0.3) is 11.3 Å². The van der Waals surface area contributed by atoms with Gasteiger partial charge in [0.2, 0.25) is 5.91 Å². The number of hydrogen-bond acceptors (Lipinski definition) is 6. The molecule has 0 fully saturated rings. The summed E-state index contributed by atoms with van der Waals surface area (Å²) in [5, 5.41) is 5.09. The molecule has 1 aliphatic rings. The summed E-state index contributed by atoms with van der Waals surface area (Å²) >= 11 is 1.29. The summed E-state index contributed by atoms with van der Waals surface area (Å²) in [6, 6.07) is 13.3. The van der Waals surface area contributed by atoms with Gasteiger partial charge < -0.3 is 10.1 Å². The maximum absolute atomic E-state index is 13.3. The number of carbonyl (C=O) groups is 3. The predicted octanol–water partition coefficient (Wildman–Crippen LogP) is 5.25. The van der Waals surface area contributed by atoms with Crippen LogP contribution in [0.5, 0.6) is 5.75 Å². The van der Waals surface area contributed by atoms with E-state index in [0.717, 1.165) is 21.9 Å². The Bertz CT molecular complexity index is 1180. The number of benzene rings is 2. The highest BCUT2D eigenvalue weighted by Gasteiger charge is 2.44. The van der Waals surface area contributed by atoms with Gasteiger partial charge in [-0.3, -0.25) is 19.3 Å². The van der Waals surface area contributed by atoms with Crippen LogP contribution in [0.2, 0.25) is 0 Å². The molecule has 34 heavy (non-hydrogen) atoms. The number of ether oxygens (including phenoxy) is 1. The normalized spacial score (nSPS) is 14.8. The van der Waals surface area contributed by atoms with Crippen LogP contribution >= 0.6 is 11.3 Å². The Hall–Kier alpha value is -3.52. The third kappa shape index (κ3) is 4.59. The van der Waals surface area contributed by atoms with Crippen molar-refractivity contribution in [3.8, 4) is 17.0 Å². The first-order valence-corrected chi connectivity index (χ1v) is 12.2. The number of aromatic nitrogens is 1. The Labute approximate surface area is 202 Å². The van der Waals surface area contributed by atoms with Crippen LogP contribution in [0.4, 0.5) is 5.13 Å². The average Bonchev–Trinajstić information content (AvgIpc) is 3.38. The standard InChI is InChI=1S/C26H27N3O4S/c1-5-16(4)22(29-24(31)19-8-6-7-9-20(19)25(29)32)23(30)28-26-27-21(14-34-26)17-10-12-18(13-11-17)33-15(2)3/h6-16,22H,5H2,1-4H3,(H,27,28,30). The molecule has 1 aliphatic heterocycles. The summed E-state index contributed by atoms with van der Waals surface area (Å²) in [5.41, 5.74) is 2.27. The summed E-state index contributed by atoms with van der Waals surface area (Å²) in [6.45, 7) is 7.73. The highest BCUT2D eigenvalue weighted by Crippen LogP contribution is 2.30. The predicted molar refractivity (Wildman–Crippen MR) is 132 cm³/mol. The molecule has 7 nitrogen and oxygen atoms in total. The van der Waals surface area contributed by atoms with E-state index in [2.05, 4.69) is 10.3 Å². The van der Waals surface area contributed by atoms with Gasteiger partial charge >= 0.3 is 0 Å². The number of rotatable bonds is 8. The van der Waals surface area contributed by atoms with Gasteiger partial charge in [-0.2, -0.15) is 0 Å². The number of amides is 3. The van der Waals surface area contributed by atoms with Crippen molar-refractivity contribution in [2.45, 2.75) is 46.3 Å². The van der Waals surface area contributed by atoms with E-state index in [9.17, 15) is 14.4 Å². The van der Waals surface area contributed by atoms with Crippen LogP contribution in [-0.2, 0) is 4.79 Å². The minimum absolute atomic E-state index is 0.0903. The largest absolute Gasteiger partial charge is 0.491 e. The van der Waals surface area contributed by atoms with Gasteiger partial charge in [-0.15, -0.1) is 11.3 Å². The number of imide groups is 1. The van der Waals surface area contributed by atoms with E-state index in [0.29, 0.717) is 22.7 Å². The molecular weight excluding hydrogens is 450 g/mol. The highest BCUT2D eigenvalue weighted by molar-refractivity contribution is 7.14. The molecule has 1 aromatic heterocycles. The monoisotopic (exact) mass is 477 g/mol. The smallest absolute Gasteiger partial charge is 0.262 e. The second-order valence-electron chi connectivity index (χ2n) is 8.57. The first-order valence-electron chi connectivity index (χ1n) is 11.3. The second kappa shape index (κ2) is 9.77. The Balaban J connectivity index is 1.53. The molecule has 176 valence electrons. The van der Waals surface area contributed by atoms with Gasteiger partial charge in [0.1, 0.15) is 11.8 Å². The molecule has 2 atom stereocenters. The van der Waals surface area contributed by atoms with Crippen LogP contribution in [-0.4, -0.2) is 39.8 Å². The average molecular weight is 478 g/mol. The fourth-order valence-electron chi connectivity index (χ4n) is 3.93. The Morgan fingerprint density at radius 3 is 2.21 bits per heavy atom. The van der Waals surface area contributed by atoms with E-state index in [-0.39, 0.29) is 12.0 Å². The van der Waals surface area contributed by atoms with E-state index < -0.39 is 23.8 Å². The number of carbonyl (C=O) groups excluding carboxylic acids is 3. The minimum atomic E-state index is -0.933. The Morgan fingerprint density at radius 2 is 1.65 bits per heavy atom. The van der Waals surface area contributed by atoms with Gasteiger partial charge in [0.15, 0.2) is 5.13 Å². The van der Waals surface area contributed by atoms with E-state index in [1.54, 1.807) is 24.3 Å². The lowest BCUT2D eigenvalue weighted by molar-refractivity contribution is -0.121. The molecule has 1 N–H and O–H groups in total. The maximum Gasteiger partial charge on any atom is 0.262 e. The molecule has 4 rings (SSSR count). The van der Waals surface area contributed by atoms with Crippen LogP contribution in [0, 0.1) is 5.92 Å². The molecular formula is C26H27N3O4S. The lowest BCUT2D eigenvalue weighted by atomic mass is 9.96. The van der Waals surface area contributed by atoms with Crippen molar-refractivity contribution >= 4 is 34.2 Å². The summed E-state index contributed by atoms with van der Waals surface area (Å²) in [5.74, 6) is -0.755. The van der Waals surface area contributed by atoms with Crippen LogP contribution in [0.3, 0.4) is 0 Å². The van der Waals surface area contributed by atoms with Crippen molar-refractivity contribution in [1.29, 1.82) is 0 Å². The molecule has 2 aromatic carbocycles. The molecule has 8 heteroatoms. The van der Waals surface area contributed by atoms with Crippen LogP contribution in [0.15, 0.2) is 53.9 Å². The van der Waals surface area contributed by atoms with Crippen molar-refractivity contribution in [3.05, 3.63) is 65.0 Å². The third-order valence-corrected chi connectivity index (χ3v) is 6.57. The SMILES string of the molecule is CCC(C)C(C(=O)Nc1nc(-c2ccc(OC(C)C)cc2)cs1)N1C(=O)c2ccccc2C1=O.